The number of amides is 2. The van der Waals surface area contributed by atoms with Crippen LogP contribution < -0.4 is 10.6 Å². The molecule has 0 spiro atoms. The summed E-state index contributed by atoms with van der Waals surface area (Å²) < 4.78 is 0. The molecule has 2 aromatic rings. The molecule has 132 valence electrons. The minimum Gasteiger partial charge on any atom is -0.396 e. The van der Waals surface area contributed by atoms with E-state index in [1.54, 1.807) is 24.3 Å². The summed E-state index contributed by atoms with van der Waals surface area (Å²) in [6.45, 7) is 0.488. The molecule has 3 N–H and O–H groups in total. The van der Waals surface area contributed by atoms with Crippen molar-refractivity contribution in [1.82, 2.24) is 10.6 Å². The molecule has 25 heavy (non-hydrogen) atoms. The second-order valence-electron chi connectivity index (χ2n) is 5.81. The Morgan fingerprint density at radius 2 is 1.56 bits per heavy atom. The lowest BCUT2D eigenvalue weighted by atomic mass is 10.1. The van der Waals surface area contributed by atoms with Crippen LogP contribution in [0.2, 0.25) is 0 Å². The number of aliphatic hydroxyl groups is 1. The lowest BCUT2D eigenvalue weighted by molar-refractivity contribution is -0.123. The number of unbranched alkanes of at least 4 members (excludes halogenated alkanes) is 1. The highest BCUT2D eigenvalue weighted by atomic mass is 16.3. The fourth-order valence-electron chi connectivity index (χ4n) is 2.47. The SMILES string of the molecule is O=C(NC(CCCCO)C(=O)NCc1ccccc1)c1ccccc1. The zero-order chi connectivity index (χ0) is 17.9. The van der Waals surface area contributed by atoms with E-state index >= 15 is 0 Å². The predicted octanol–water partition coefficient (Wildman–Crippen LogP) is 2.26. The van der Waals surface area contributed by atoms with E-state index in [9.17, 15) is 9.59 Å². The van der Waals surface area contributed by atoms with E-state index in [0.717, 1.165) is 5.56 Å². The Morgan fingerprint density at radius 3 is 2.20 bits per heavy atom. The van der Waals surface area contributed by atoms with E-state index in [1.165, 1.54) is 0 Å². The van der Waals surface area contributed by atoms with Crippen LogP contribution in [0.15, 0.2) is 60.7 Å². The molecular weight excluding hydrogens is 316 g/mol. The summed E-state index contributed by atoms with van der Waals surface area (Å²) in [4.78, 5) is 24.8. The summed E-state index contributed by atoms with van der Waals surface area (Å²) in [6, 6.07) is 17.8. The summed E-state index contributed by atoms with van der Waals surface area (Å²) in [6.07, 6.45) is 1.75. The molecule has 1 unspecified atom stereocenters. The highest BCUT2D eigenvalue weighted by Gasteiger charge is 2.20. The zero-order valence-corrected chi connectivity index (χ0v) is 14.2. The van der Waals surface area contributed by atoms with Crippen LogP contribution in [-0.4, -0.2) is 29.6 Å². The van der Waals surface area contributed by atoms with Gasteiger partial charge in [0.05, 0.1) is 0 Å². The molecule has 2 aromatic carbocycles. The standard InChI is InChI=1S/C20H24N2O3/c23-14-8-7-13-18(22-19(24)17-11-5-2-6-12-17)20(25)21-15-16-9-3-1-4-10-16/h1-6,9-12,18,23H,7-8,13-15H2,(H,21,25)(H,22,24). The summed E-state index contributed by atoms with van der Waals surface area (Å²) >= 11 is 0. The minimum atomic E-state index is -0.622. The van der Waals surface area contributed by atoms with Crippen LogP contribution in [-0.2, 0) is 11.3 Å². The Labute approximate surface area is 148 Å². The van der Waals surface area contributed by atoms with Gasteiger partial charge < -0.3 is 15.7 Å². The van der Waals surface area contributed by atoms with Crippen LogP contribution >= 0.6 is 0 Å². The van der Waals surface area contributed by atoms with E-state index in [0.29, 0.717) is 31.4 Å². The van der Waals surface area contributed by atoms with Gasteiger partial charge in [0.15, 0.2) is 0 Å². The van der Waals surface area contributed by atoms with E-state index in [1.807, 2.05) is 36.4 Å². The van der Waals surface area contributed by atoms with Gasteiger partial charge in [-0.25, -0.2) is 0 Å². The van der Waals surface area contributed by atoms with Gasteiger partial charge in [-0.3, -0.25) is 9.59 Å². The Kier molecular flexibility index (Phi) is 7.66. The summed E-state index contributed by atoms with van der Waals surface area (Å²) in [5.74, 6) is -0.490. The highest BCUT2D eigenvalue weighted by molar-refractivity contribution is 5.97. The Morgan fingerprint density at radius 1 is 0.920 bits per heavy atom. The molecule has 5 nitrogen and oxygen atoms in total. The number of aliphatic hydroxyl groups excluding tert-OH is 1. The first-order chi connectivity index (χ1) is 12.2. The second-order valence-corrected chi connectivity index (χ2v) is 5.81. The van der Waals surface area contributed by atoms with Crippen LogP contribution in [0.3, 0.4) is 0 Å². The molecule has 0 heterocycles. The van der Waals surface area contributed by atoms with Crippen molar-refractivity contribution in [3.63, 3.8) is 0 Å². The normalized spacial score (nSPS) is 11.6. The molecular formula is C20H24N2O3. The maximum Gasteiger partial charge on any atom is 0.251 e. The number of nitrogens with one attached hydrogen (secondary N) is 2. The third kappa shape index (κ3) is 6.39. The molecule has 0 saturated carbocycles. The Bertz CT molecular complexity index is 659. The third-order valence-corrected chi connectivity index (χ3v) is 3.87. The molecule has 5 heteroatoms. The van der Waals surface area contributed by atoms with E-state index in [2.05, 4.69) is 10.6 Å². The average molecular weight is 340 g/mol. The molecule has 0 aliphatic rings. The van der Waals surface area contributed by atoms with Crippen LogP contribution in [0.5, 0.6) is 0 Å². The zero-order valence-electron chi connectivity index (χ0n) is 14.2. The Balaban J connectivity index is 1.96. The molecule has 2 rings (SSSR count). The van der Waals surface area contributed by atoms with Crippen LogP contribution in [0.1, 0.15) is 35.2 Å². The smallest absolute Gasteiger partial charge is 0.251 e. The van der Waals surface area contributed by atoms with Crippen LogP contribution in [0.4, 0.5) is 0 Å². The van der Waals surface area contributed by atoms with Gasteiger partial charge >= 0.3 is 0 Å². The minimum absolute atomic E-state index is 0.0744. The number of hydrogen-bond acceptors (Lipinski definition) is 3. The van der Waals surface area contributed by atoms with E-state index in [-0.39, 0.29) is 18.4 Å². The number of benzene rings is 2. The molecule has 0 radical (unpaired) electrons. The first-order valence-electron chi connectivity index (χ1n) is 8.49. The van der Waals surface area contributed by atoms with Crippen LogP contribution in [0.25, 0.3) is 0 Å². The van der Waals surface area contributed by atoms with Gasteiger partial charge in [0, 0.05) is 18.7 Å². The molecule has 0 fully saturated rings. The van der Waals surface area contributed by atoms with Crippen LogP contribution in [0, 0.1) is 0 Å². The van der Waals surface area contributed by atoms with Crippen molar-refractivity contribution in [1.29, 1.82) is 0 Å². The molecule has 0 bridgehead atoms. The van der Waals surface area contributed by atoms with Crippen molar-refractivity contribution in [3.8, 4) is 0 Å². The molecule has 2 amide bonds. The fourth-order valence-corrected chi connectivity index (χ4v) is 2.47. The molecule has 1 atom stereocenters. The predicted molar refractivity (Wildman–Crippen MR) is 96.9 cm³/mol. The van der Waals surface area contributed by atoms with Gasteiger partial charge in [-0.2, -0.15) is 0 Å². The van der Waals surface area contributed by atoms with Crippen molar-refractivity contribution in [2.75, 3.05) is 6.61 Å². The topological polar surface area (TPSA) is 78.4 Å². The lowest BCUT2D eigenvalue weighted by Gasteiger charge is -2.18. The van der Waals surface area contributed by atoms with Gasteiger partial charge in [-0.05, 0) is 37.0 Å². The monoisotopic (exact) mass is 340 g/mol. The first-order valence-corrected chi connectivity index (χ1v) is 8.49. The molecule has 0 aliphatic carbocycles. The van der Waals surface area contributed by atoms with Gasteiger partial charge in [0.25, 0.3) is 5.91 Å². The molecule has 0 saturated heterocycles. The lowest BCUT2D eigenvalue weighted by Crippen LogP contribution is -2.46. The van der Waals surface area contributed by atoms with Crippen molar-refractivity contribution in [2.24, 2.45) is 0 Å². The maximum absolute atomic E-state index is 12.5. The van der Waals surface area contributed by atoms with Crippen molar-refractivity contribution >= 4 is 11.8 Å². The Hall–Kier alpha value is -2.66. The van der Waals surface area contributed by atoms with Gasteiger partial charge in [0.2, 0.25) is 5.91 Å². The van der Waals surface area contributed by atoms with E-state index in [4.69, 9.17) is 5.11 Å². The first kappa shape index (κ1) is 18.7. The summed E-state index contributed by atoms with van der Waals surface area (Å²) in [7, 11) is 0. The average Bonchev–Trinajstić information content (AvgIpc) is 2.67. The van der Waals surface area contributed by atoms with Gasteiger partial charge in [-0.15, -0.1) is 0 Å². The maximum atomic E-state index is 12.5. The number of hydrogen-bond donors (Lipinski definition) is 3. The van der Waals surface area contributed by atoms with Crippen molar-refractivity contribution in [3.05, 3.63) is 71.8 Å². The fraction of sp³-hybridized carbons (Fsp3) is 0.300. The summed E-state index contributed by atoms with van der Waals surface area (Å²) in [5.41, 5.74) is 1.52. The largest absolute Gasteiger partial charge is 0.396 e. The van der Waals surface area contributed by atoms with E-state index < -0.39 is 6.04 Å². The van der Waals surface area contributed by atoms with Gasteiger partial charge in [-0.1, -0.05) is 48.5 Å². The highest BCUT2D eigenvalue weighted by Crippen LogP contribution is 2.05. The number of carbonyl (C=O) groups is 2. The van der Waals surface area contributed by atoms with Crippen molar-refractivity contribution in [2.45, 2.75) is 31.8 Å². The number of carbonyl (C=O) groups excluding carboxylic acids is 2. The molecule has 0 aromatic heterocycles. The van der Waals surface area contributed by atoms with Gasteiger partial charge in [0.1, 0.15) is 6.04 Å². The quantitative estimate of drug-likeness (QED) is 0.613. The summed E-state index contributed by atoms with van der Waals surface area (Å²) in [5, 5.41) is 14.6. The van der Waals surface area contributed by atoms with Crippen molar-refractivity contribution < 1.29 is 14.7 Å². The second kappa shape index (κ2) is 10.3. The number of rotatable bonds is 9. The third-order valence-electron chi connectivity index (χ3n) is 3.87. The molecule has 0 aliphatic heterocycles.